The molecule has 1 aliphatic rings. The van der Waals surface area contributed by atoms with Crippen molar-refractivity contribution in [1.82, 2.24) is 15.3 Å². The van der Waals surface area contributed by atoms with Gasteiger partial charge in [-0.25, -0.2) is 9.97 Å². The van der Waals surface area contributed by atoms with Gasteiger partial charge in [0.1, 0.15) is 0 Å². The van der Waals surface area contributed by atoms with Crippen molar-refractivity contribution in [1.29, 1.82) is 0 Å². The molecule has 94 valence electrons. The van der Waals surface area contributed by atoms with Crippen LogP contribution in [0.2, 0.25) is 0 Å². The molecule has 0 fully saturated rings. The highest BCUT2D eigenvalue weighted by molar-refractivity contribution is 5.38. The molecule has 1 aliphatic heterocycles. The second-order valence-corrected chi connectivity index (χ2v) is 4.12. The zero-order chi connectivity index (χ0) is 12.6. The number of hydrogen-bond acceptors (Lipinski definition) is 4. The lowest BCUT2D eigenvalue weighted by molar-refractivity contribution is -0.142. The first-order chi connectivity index (χ1) is 7.89. The van der Waals surface area contributed by atoms with Crippen LogP contribution in [-0.2, 0) is 19.1 Å². The van der Waals surface area contributed by atoms with Crippen molar-refractivity contribution in [2.24, 2.45) is 0 Å². The molecule has 2 heterocycles. The topological polar surface area (TPSA) is 41.1 Å². The van der Waals surface area contributed by atoms with Gasteiger partial charge in [-0.15, -0.1) is 0 Å². The molecule has 0 saturated heterocycles. The van der Waals surface area contributed by atoms with E-state index in [4.69, 9.17) is 0 Å². The van der Waals surface area contributed by atoms with Crippen molar-refractivity contribution in [3.63, 3.8) is 0 Å². The molecular weight excluding hydrogens is 233 g/mol. The third-order valence-corrected chi connectivity index (χ3v) is 2.59. The van der Waals surface area contributed by atoms with Gasteiger partial charge in [-0.2, -0.15) is 13.2 Å². The van der Waals surface area contributed by atoms with Gasteiger partial charge in [0.25, 0.3) is 0 Å². The number of fused-ring (bicyclic) bond motifs is 1. The lowest BCUT2D eigenvalue weighted by Gasteiger charge is -2.22. The monoisotopic (exact) mass is 246 g/mol. The molecule has 0 radical (unpaired) electrons. The minimum atomic E-state index is -4.42. The normalized spacial score (nSPS) is 15.6. The zero-order valence-electron chi connectivity index (χ0n) is 9.60. The minimum Gasteiger partial charge on any atom is -0.347 e. The molecule has 0 saturated carbocycles. The smallest absolute Gasteiger partial charge is 0.347 e. The van der Waals surface area contributed by atoms with Crippen LogP contribution in [0.5, 0.6) is 0 Å². The summed E-state index contributed by atoms with van der Waals surface area (Å²) in [5, 5.41) is 3.01. The quantitative estimate of drug-likeness (QED) is 0.808. The van der Waals surface area contributed by atoms with Gasteiger partial charge in [-0.05, 0) is 13.0 Å². The molecule has 0 aliphatic carbocycles. The van der Waals surface area contributed by atoms with E-state index >= 15 is 0 Å². The second-order valence-electron chi connectivity index (χ2n) is 4.12. The van der Waals surface area contributed by atoms with Crippen LogP contribution in [0.15, 0.2) is 0 Å². The van der Waals surface area contributed by atoms with Crippen molar-refractivity contribution >= 4 is 5.95 Å². The fraction of sp³-hybridized carbons (Fsp3) is 0.600. The standard InChI is InChI=1S/C10H13F3N4/c1-17(2)9-15-7-5-14-4-3-6(7)8(16-9)10(11,12)13/h14H,3-5H2,1-2H3. The van der Waals surface area contributed by atoms with E-state index in [1.165, 1.54) is 4.90 Å². The summed E-state index contributed by atoms with van der Waals surface area (Å²) in [5.41, 5.74) is -0.128. The van der Waals surface area contributed by atoms with E-state index in [1.807, 2.05) is 0 Å². The summed E-state index contributed by atoms with van der Waals surface area (Å²) in [4.78, 5) is 9.23. The Morgan fingerprint density at radius 1 is 1.24 bits per heavy atom. The Bertz CT molecular complexity index is 428. The highest BCUT2D eigenvalue weighted by atomic mass is 19.4. The summed E-state index contributed by atoms with van der Waals surface area (Å²) in [6, 6.07) is 0. The summed E-state index contributed by atoms with van der Waals surface area (Å²) >= 11 is 0. The average Bonchev–Trinajstić information content (AvgIpc) is 2.26. The molecule has 0 aromatic carbocycles. The third-order valence-electron chi connectivity index (χ3n) is 2.59. The van der Waals surface area contributed by atoms with E-state index in [0.29, 0.717) is 25.2 Å². The van der Waals surface area contributed by atoms with E-state index in [1.54, 1.807) is 14.1 Å². The van der Waals surface area contributed by atoms with E-state index in [2.05, 4.69) is 15.3 Å². The number of halogens is 3. The first-order valence-corrected chi connectivity index (χ1v) is 5.24. The van der Waals surface area contributed by atoms with Crippen LogP contribution < -0.4 is 10.2 Å². The van der Waals surface area contributed by atoms with Crippen LogP contribution in [0.3, 0.4) is 0 Å². The summed E-state index contributed by atoms with van der Waals surface area (Å²) in [7, 11) is 3.25. The number of aromatic nitrogens is 2. The van der Waals surface area contributed by atoms with Crippen molar-refractivity contribution in [3.8, 4) is 0 Å². The number of rotatable bonds is 1. The zero-order valence-corrected chi connectivity index (χ0v) is 9.60. The highest BCUT2D eigenvalue weighted by Gasteiger charge is 2.38. The summed E-state index contributed by atoms with van der Waals surface area (Å²) in [6.07, 6.45) is -4.10. The maximum Gasteiger partial charge on any atom is 0.433 e. The van der Waals surface area contributed by atoms with Gasteiger partial charge in [0.15, 0.2) is 5.69 Å². The van der Waals surface area contributed by atoms with Crippen molar-refractivity contribution in [2.75, 3.05) is 25.5 Å². The second kappa shape index (κ2) is 4.14. The maximum atomic E-state index is 12.9. The first kappa shape index (κ1) is 12.1. The Morgan fingerprint density at radius 2 is 1.94 bits per heavy atom. The number of hydrogen-bond donors (Lipinski definition) is 1. The van der Waals surface area contributed by atoms with Crippen LogP contribution in [0.25, 0.3) is 0 Å². The molecule has 0 unspecified atom stereocenters. The lowest BCUT2D eigenvalue weighted by atomic mass is 10.0. The van der Waals surface area contributed by atoms with E-state index in [9.17, 15) is 13.2 Å². The summed E-state index contributed by atoms with van der Waals surface area (Å²) < 4.78 is 38.7. The molecule has 4 nitrogen and oxygen atoms in total. The molecule has 1 aromatic rings. The van der Waals surface area contributed by atoms with Crippen LogP contribution in [0, 0.1) is 0 Å². The van der Waals surface area contributed by atoms with Crippen LogP contribution >= 0.6 is 0 Å². The van der Waals surface area contributed by atoms with Gasteiger partial charge in [0.2, 0.25) is 5.95 Å². The van der Waals surface area contributed by atoms with Gasteiger partial charge in [-0.3, -0.25) is 0 Å². The number of nitrogens with zero attached hydrogens (tertiary/aromatic N) is 3. The first-order valence-electron chi connectivity index (χ1n) is 5.24. The summed E-state index contributed by atoms with van der Waals surface area (Å²) in [6.45, 7) is 0.891. The average molecular weight is 246 g/mol. The van der Waals surface area contributed by atoms with Crippen LogP contribution in [0.1, 0.15) is 17.0 Å². The molecule has 7 heteroatoms. The third kappa shape index (κ3) is 2.33. The number of alkyl halides is 3. The number of anilines is 1. The van der Waals surface area contributed by atoms with Gasteiger partial charge in [-0.1, -0.05) is 0 Å². The van der Waals surface area contributed by atoms with Gasteiger partial charge in [0, 0.05) is 26.2 Å². The maximum absolute atomic E-state index is 12.9. The molecule has 1 N–H and O–H groups in total. The van der Waals surface area contributed by atoms with Crippen LogP contribution in [-0.4, -0.2) is 30.6 Å². The molecule has 17 heavy (non-hydrogen) atoms. The molecule has 0 bridgehead atoms. The lowest BCUT2D eigenvalue weighted by Crippen LogP contribution is -2.30. The Hall–Kier alpha value is -1.37. The largest absolute Gasteiger partial charge is 0.433 e. The van der Waals surface area contributed by atoms with E-state index in [0.717, 1.165) is 0 Å². The summed E-state index contributed by atoms with van der Waals surface area (Å²) in [5.74, 6) is 0.0970. The van der Waals surface area contributed by atoms with Gasteiger partial charge in [0.05, 0.1) is 5.69 Å². The van der Waals surface area contributed by atoms with E-state index in [-0.39, 0.29) is 11.5 Å². The molecular formula is C10H13F3N4. The number of nitrogens with one attached hydrogen (secondary N) is 1. The predicted octanol–water partition coefficient (Wildman–Crippen LogP) is 1.21. The highest BCUT2D eigenvalue weighted by Crippen LogP contribution is 2.33. The Morgan fingerprint density at radius 3 is 2.53 bits per heavy atom. The minimum absolute atomic E-state index is 0.0970. The van der Waals surface area contributed by atoms with E-state index < -0.39 is 11.9 Å². The van der Waals surface area contributed by atoms with Gasteiger partial charge < -0.3 is 10.2 Å². The van der Waals surface area contributed by atoms with Crippen LogP contribution in [0.4, 0.5) is 19.1 Å². The Balaban J connectivity index is 2.58. The van der Waals surface area contributed by atoms with Crippen molar-refractivity contribution < 1.29 is 13.2 Å². The molecule has 0 amide bonds. The van der Waals surface area contributed by atoms with Crippen molar-refractivity contribution in [2.45, 2.75) is 19.1 Å². The fourth-order valence-electron chi connectivity index (χ4n) is 1.78. The fourth-order valence-corrected chi connectivity index (χ4v) is 1.78. The van der Waals surface area contributed by atoms with Gasteiger partial charge >= 0.3 is 6.18 Å². The molecule has 0 spiro atoms. The Labute approximate surface area is 96.9 Å². The Kier molecular flexibility index (Phi) is 2.94. The predicted molar refractivity (Wildman–Crippen MR) is 56.8 cm³/mol. The van der Waals surface area contributed by atoms with Crippen molar-refractivity contribution in [3.05, 3.63) is 17.0 Å². The molecule has 1 aromatic heterocycles. The molecule has 2 rings (SSSR count). The SMILES string of the molecule is CN(C)c1nc2c(c(C(F)(F)F)n1)CCNC2. The molecule has 0 atom stereocenters.